The summed E-state index contributed by atoms with van der Waals surface area (Å²) >= 11 is 0. The van der Waals surface area contributed by atoms with Gasteiger partial charge in [0.1, 0.15) is 6.61 Å². The lowest BCUT2D eigenvalue weighted by Gasteiger charge is -2.15. The molecule has 0 saturated carbocycles. The van der Waals surface area contributed by atoms with Crippen LogP contribution in [0.25, 0.3) is 0 Å². The third-order valence-electron chi connectivity index (χ3n) is 19.6. The maximum absolute atomic E-state index is 12.4. The number of unbranched alkanes of at least 4 members (excludes halogenated alkanes) is 64. The van der Waals surface area contributed by atoms with Gasteiger partial charge in [0, 0.05) is 12.8 Å². The van der Waals surface area contributed by atoms with Crippen LogP contribution in [0.1, 0.15) is 476 Å². The van der Waals surface area contributed by atoms with Gasteiger partial charge >= 0.3 is 11.9 Å². The average molecular weight is 1290 g/mol. The van der Waals surface area contributed by atoms with E-state index >= 15 is 0 Å². The first-order valence-corrected chi connectivity index (χ1v) is 42.2. The molecule has 0 aromatic carbocycles. The highest BCUT2D eigenvalue weighted by Crippen LogP contribution is 2.20. The minimum Gasteiger partial charge on any atom is -0.462 e. The van der Waals surface area contributed by atoms with Crippen LogP contribution in [0, 0.1) is 0 Å². The monoisotopic (exact) mass is 1290 g/mol. The first-order chi connectivity index (χ1) is 45.6. The molecule has 92 heavy (non-hydrogen) atoms. The molecular weight excluding hydrogens is 1120 g/mol. The SMILES string of the molecule is CCCCCCC/C=C\C/C=C\C/C=C\CCCCCCCCCCCCCCCCCCCCCCCCCCCCC(=O)OC(CO)COC(=O)CCCCCCCCCCCCCCCCCCCCCCCCCCC/C=C\CCCCCCCCCC. The lowest BCUT2D eigenvalue weighted by Crippen LogP contribution is -2.28. The molecule has 0 bridgehead atoms. The molecular formula is C87H164O5. The molecule has 0 rings (SSSR count). The number of aliphatic hydroxyl groups is 1. The van der Waals surface area contributed by atoms with Gasteiger partial charge in [-0.1, -0.05) is 435 Å². The number of rotatable bonds is 80. The van der Waals surface area contributed by atoms with Gasteiger partial charge in [0.05, 0.1) is 6.61 Å². The third kappa shape index (κ3) is 80.3. The van der Waals surface area contributed by atoms with Gasteiger partial charge in [0.2, 0.25) is 0 Å². The third-order valence-corrected chi connectivity index (χ3v) is 19.6. The molecule has 0 saturated heterocycles. The molecule has 5 nitrogen and oxygen atoms in total. The fourth-order valence-electron chi connectivity index (χ4n) is 13.3. The van der Waals surface area contributed by atoms with Gasteiger partial charge in [-0.15, -0.1) is 0 Å². The zero-order valence-electron chi connectivity index (χ0n) is 62.6. The molecule has 0 aliphatic carbocycles. The summed E-state index contributed by atoms with van der Waals surface area (Å²) in [6.07, 6.45) is 114. The van der Waals surface area contributed by atoms with E-state index in [1.165, 1.54) is 405 Å². The molecule has 0 aromatic rings. The van der Waals surface area contributed by atoms with E-state index in [4.69, 9.17) is 9.47 Å². The Balaban J connectivity index is 3.35. The van der Waals surface area contributed by atoms with Gasteiger partial charge in [-0.25, -0.2) is 0 Å². The predicted molar refractivity (Wildman–Crippen MR) is 408 cm³/mol. The number of hydrogen-bond donors (Lipinski definition) is 1. The highest BCUT2D eigenvalue weighted by Gasteiger charge is 2.16. The number of hydrogen-bond acceptors (Lipinski definition) is 5. The summed E-state index contributed by atoms with van der Waals surface area (Å²) in [6.45, 7) is 4.20. The average Bonchev–Trinajstić information content (AvgIpc) is 3.64. The van der Waals surface area contributed by atoms with Crippen LogP contribution in [0.5, 0.6) is 0 Å². The minimum absolute atomic E-state index is 0.0583. The molecule has 0 amide bonds. The van der Waals surface area contributed by atoms with Crippen LogP contribution in [0.2, 0.25) is 0 Å². The van der Waals surface area contributed by atoms with Gasteiger partial charge in [0.25, 0.3) is 0 Å². The quantitative estimate of drug-likeness (QED) is 0.0373. The van der Waals surface area contributed by atoms with Crippen molar-refractivity contribution >= 4 is 11.9 Å². The number of carbonyl (C=O) groups is 2. The van der Waals surface area contributed by atoms with Gasteiger partial charge in [-0.05, 0) is 77.0 Å². The standard InChI is InChI=1S/C87H164O5/c1-3-5-7-9-11-13-15-17-19-21-23-25-27-29-31-33-35-37-39-41-42-43-44-46-48-50-52-54-56-58-60-62-64-66-68-70-72-74-76-78-80-82-87(90)92-85(83-88)84-91-86(89)81-79-77-75-73-71-69-67-65-63-61-59-57-55-53-51-49-47-45-40-38-36-34-32-30-28-26-24-22-20-18-16-14-12-10-8-6-4-2/h15,17,21-24,27,29,85,88H,3-14,16,18-20,25-26,28,30-84H2,1-2H3/b17-15-,23-21-,24-22-,29-27-. The van der Waals surface area contributed by atoms with Crippen molar-refractivity contribution in [2.75, 3.05) is 13.2 Å². The smallest absolute Gasteiger partial charge is 0.306 e. The van der Waals surface area contributed by atoms with Gasteiger partial charge in [0.15, 0.2) is 6.10 Å². The highest BCUT2D eigenvalue weighted by atomic mass is 16.6. The Hall–Kier alpha value is -2.14. The summed E-state index contributed by atoms with van der Waals surface area (Å²) in [6, 6.07) is 0. The Labute approximate surface area is 577 Å². The van der Waals surface area contributed by atoms with E-state index in [1.54, 1.807) is 0 Å². The molecule has 0 aliphatic heterocycles. The molecule has 0 fully saturated rings. The van der Waals surface area contributed by atoms with E-state index in [1.807, 2.05) is 0 Å². The zero-order valence-corrected chi connectivity index (χ0v) is 62.6. The van der Waals surface area contributed by atoms with Crippen molar-refractivity contribution in [3.8, 4) is 0 Å². The van der Waals surface area contributed by atoms with E-state index < -0.39 is 6.10 Å². The summed E-state index contributed by atoms with van der Waals surface area (Å²) < 4.78 is 10.8. The van der Waals surface area contributed by atoms with E-state index in [0.717, 1.165) is 44.9 Å². The molecule has 1 N–H and O–H groups in total. The fraction of sp³-hybridized carbons (Fsp3) is 0.885. The Bertz CT molecular complexity index is 1510. The van der Waals surface area contributed by atoms with Gasteiger partial charge in [-0.3, -0.25) is 9.59 Å². The van der Waals surface area contributed by atoms with Crippen molar-refractivity contribution < 1.29 is 24.2 Å². The molecule has 1 atom stereocenters. The summed E-state index contributed by atoms with van der Waals surface area (Å²) in [5.74, 6) is -0.561. The van der Waals surface area contributed by atoms with Gasteiger partial charge < -0.3 is 14.6 Å². The fourth-order valence-corrected chi connectivity index (χ4v) is 13.3. The van der Waals surface area contributed by atoms with E-state index in [0.29, 0.717) is 12.8 Å². The van der Waals surface area contributed by atoms with Crippen molar-refractivity contribution in [1.82, 2.24) is 0 Å². The summed E-state index contributed by atoms with van der Waals surface area (Å²) in [5.41, 5.74) is 0. The second kappa shape index (κ2) is 83.1. The van der Waals surface area contributed by atoms with Crippen LogP contribution in [0.3, 0.4) is 0 Å². The van der Waals surface area contributed by atoms with Crippen LogP contribution < -0.4 is 0 Å². The second-order valence-electron chi connectivity index (χ2n) is 28.9. The summed E-state index contributed by atoms with van der Waals surface area (Å²) in [5, 5.41) is 9.74. The van der Waals surface area contributed by atoms with Crippen LogP contribution in [0.15, 0.2) is 48.6 Å². The van der Waals surface area contributed by atoms with E-state index in [2.05, 4.69) is 62.5 Å². The largest absolute Gasteiger partial charge is 0.462 e. The lowest BCUT2D eigenvalue weighted by atomic mass is 10.0. The molecule has 0 aliphatic rings. The van der Waals surface area contributed by atoms with Crippen LogP contribution >= 0.6 is 0 Å². The first kappa shape index (κ1) is 89.9. The minimum atomic E-state index is -0.770. The van der Waals surface area contributed by atoms with Crippen LogP contribution in [0.4, 0.5) is 0 Å². The zero-order chi connectivity index (χ0) is 66.1. The molecule has 0 radical (unpaired) electrons. The maximum Gasteiger partial charge on any atom is 0.306 e. The normalized spacial score (nSPS) is 12.3. The summed E-state index contributed by atoms with van der Waals surface area (Å²) in [7, 11) is 0. The van der Waals surface area contributed by atoms with Crippen molar-refractivity contribution in [1.29, 1.82) is 0 Å². The summed E-state index contributed by atoms with van der Waals surface area (Å²) in [4.78, 5) is 24.7. The van der Waals surface area contributed by atoms with Crippen molar-refractivity contribution in [3.63, 3.8) is 0 Å². The van der Waals surface area contributed by atoms with E-state index in [-0.39, 0.29) is 25.2 Å². The second-order valence-corrected chi connectivity index (χ2v) is 28.9. The molecule has 0 aromatic heterocycles. The van der Waals surface area contributed by atoms with Crippen LogP contribution in [-0.2, 0) is 19.1 Å². The molecule has 0 heterocycles. The lowest BCUT2D eigenvalue weighted by molar-refractivity contribution is -0.161. The molecule has 0 spiro atoms. The number of allylic oxidation sites excluding steroid dienone is 8. The Morgan fingerprint density at radius 3 is 0.663 bits per heavy atom. The van der Waals surface area contributed by atoms with Crippen molar-refractivity contribution in [2.24, 2.45) is 0 Å². The molecule has 5 heteroatoms. The van der Waals surface area contributed by atoms with Crippen molar-refractivity contribution in [3.05, 3.63) is 48.6 Å². The van der Waals surface area contributed by atoms with Gasteiger partial charge in [-0.2, -0.15) is 0 Å². The number of ether oxygens (including phenoxy) is 2. The van der Waals surface area contributed by atoms with Crippen molar-refractivity contribution in [2.45, 2.75) is 482 Å². The van der Waals surface area contributed by atoms with E-state index in [9.17, 15) is 14.7 Å². The number of esters is 2. The number of carbonyl (C=O) groups excluding carboxylic acids is 2. The van der Waals surface area contributed by atoms with Crippen LogP contribution in [-0.4, -0.2) is 36.4 Å². The molecule has 542 valence electrons. The molecule has 1 unspecified atom stereocenters. The maximum atomic E-state index is 12.4. The number of aliphatic hydroxyl groups excluding tert-OH is 1. The Kier molecular flexibility index (Phi) is 81.2. The Morgan fingerprint density at radius 1 is 0.250 bits per heavy atom. The Morgan fingerprint density at radius 2 is 0.435 bits per heavy atom. The predicted octanol–water partition coefficient (Wildman–Crippen LogP) is 29.8. The highest BCUT2D eigenvalue weighted by molar-refractivity contribution is 5.70. The first-order valence-electron chi connectivity index (χ1n) is 42.2. The topological polar surface area (TPSA) is 72.8 Å².